The molecule has 0 radical (unpaired) electrons. The largest absolute Gasteiger partial charge is 0.376 e. The molecular formula is C13H20N4O4S. The molecule has 1 unspecified atom stereocenters. The number of hydrogen-bond donors (Lipinski definition) is 0. The summed E-state index contributed by atoms with van der Waals surface area (Å²) in [7, 11) is -3.25. The van der Waals surface area contributed by atoms with Gasteiger partial charge in [-0.2, -0.15) is 4.31 Å². The van der Waals surface area contributed by atoms with Crippen molar-refractivity contribution in [3.8, 4) is 0 Å². The lowest BCUT2D eigenvalue weighted by molar-refractivity contribution is -0.116. The molecule has 2 aliphatic heterocycles. The van der Waals surface area contributed by atoms with Crippen LogP contribution in [-0.4, -0.2) is 80.5 Å². The fourth-order valence-electron chi connectivity index (χ4n) is 2.81. The summed E-state index contributed by atoms with van der Waals surface area (Å²) in [5.74, 6) is 0.604. The van der Waals surface area contributed by atoms with E-state index in [1.54, 1.807) is 18.5 Å². The van der Waals surface area contributed by atoms with Gasteiger partial charge in [-0.05, 0) is 6.07 Å². The van der Waals surface area contributed by atoms with E-state index in [9.17, 15) is 8.42 Å². The first kappa shape index (κ1) is 15.6. The minimum absolute atomic E-state index is 0.287. The van der Waals surface area contributed by atoms with E-state index in [0.717, 1.165) is 0 Å². The Hall–Kier alpha value is -1.29. The Bertz CT molecular complexity index is 612. The normalized spacial score (nSPS) is 27.8. The summed E-state index contributed by atoms with van der Waals surface area (Å²) in [6.07, 6.45) is 4.60. The molecule has 1 atom stereocenters. The van der Waals surface area contributed by atoms with Crippen LogP contribution in [0, 0.1) is 0 Å². The zero-order valence-electron chi connectivity index (χ0n) is 12.5. The van der Waals surface area contributed by atoms with Gasteiger partial charge in [0.2, 0.25) is 16.0 Å². The molecule has 3 rings (SSSR count). The molecule has 22 heavy (non-hydrogen) atoms. The highest BCUT2D eigenvalue weighted by atomic mass is 32.2. The van der Waals surface area contributed by atoms with E-state index in [-0.39, 0.29) is 6.54 Å². The lowest BCUT2D eigenvalue weighted by atomic mass is 10.0. The lowest BCUT2D eigenvalue weighted by Crippen LogP contribution is -2.59. The van der Waals surface area contributed by atoms with Crippen molar-refractivity contribution in [3.63, 3.8) is 0 Å². The second kappa shape index (κ2) is 6.07. The minimum Gasteiger partial charge on any atom is -0.376 e. The van der Waals surface area contributed by atoms with Gasteiger partial charge >= 0.3 is 0 Å². The Kier molecular flexibility index (Phi) is 4.31. The third-order valence-electron chi connectivity index (χ3n) is 3.87. The van der Waals surface area contributed by atoms with Crippen LogP contribution in [0.2, 0.25) is 0 Å². The second-order valence-corrected chi connectivity index (χ2v) is 7.63. The molecule has 1 aromatic heterocycles. The minimum atomic E-state index is -3.25. The third kappa shape index (κ3) is 3.37. The van der Waals surface area contributed by atoms with Gasteiger partial charge in [-0.1, -0.05) is 0 Å². The number of rotatable bonds is 2. The fraction of sp³-hybridized carbons (Fsp3) is 0.692. The van der Waals surface area contributed by atoms with Crippen LogP contribution in [0.15, 0.2) is 18.5 Å². The number of sulfonamides is 1. The van der Waals surface area contributed by atoms with Crippen molar-refractivity contribution < 1.29 is 17.9 Å². The van der Waals surface area contributed by atoms with Crippen LogP contribution in [0.3, 0.4) is 0 Å². The molecule has 0 aliphatic carbocycles. The van der Waals surface area contributed by atoms with Gasteiger partial charge in [0.25, 0.3) is 0 Å². The summed E-state index contributed by atoms with van der Waals surface area (Å²) < 4.78 is 36.7. The highest BCUT2D eigenvalue weighted by Gasteiger charge is 2.43. The molecule has 3 heterocycles. The highest BCUT2D eigenvalue weighted by molar-refractivity contribution is 7.88. The maximum atomic E-state index is 11.8. The van der Waals surface area contributed by atoms with Crippen LogP contribution in [0.25, 0.3) is 0 Å². The summed E-state index contributed by atoms with van der Waals surface area (Å²) in [5.41, 5.74) is -0.684. The first-order valence-corrected chi connectivity index (χ1v) is 9.02. The van der Waals surface area contributed by atoms with E-state index < -0.39 is 15.6 Å². The van der Waals surface area contributed by atoms with Gasteiger partial charge in [-0.3, -0.25) is 0 Å². The van der Waals surface area contributed by atoms with E-state index in [1.165, 1.54) is 10.6 Å². The number of aromatic nitrogens is 2. The van der Waals surface area contributed by atoms with Crippen molar-refractivity contribution in [3.05, 3.63) is 18.5 Å². The number of morpholine rings is 1. The first-order chi connectivity index (χ1) is 10.5. The van der Waals surface area contributed by atoms with E-state index in [0.29, 0.717) is 45.4 Å². The van der Waals surface area contributed by atoms with E-state index >= 15 is 0 Å². The number of ether oxygens (including phenoxy) is 2. The molecule has 0 aromatic carbocycles. The van der Waals surface area contributed by atoms with Gasteiger partial charge in [-0.25, -0.2) is 18.4 Å². The summed E-state index contributed by atoms with van der Waals surface area (Å²) in [5, 5.41) is 0. The van der Waals surface area contributed by atoms with Crippen LogP contribution in [-0.2, 0) is 19.5 Å². The Morgan fingerprint density at radius 2 is 1.95 bits per heavy atom. The molecule has 1 spiro atoms. The summed E-state index contributed by atoms with van der Waals surface area (Å²) in [6, 6.07) is 1.76. The fourth-order valence-corrected chi connectivity index (χ4v) is 3.68. The van der Waals surface area contributed by atoms with Gasteiger partial charge in [0.05, 0.1) is 32.6 Å². The topological polar surface area (TPSA) is 84.9 Å². The van der Waals surface area contributed by atoms with E-state index in [1.807, 2.05) is 4.90 Å². The molecule has 0 N–H and O–H groups in total. The van der Waals surface area contributed by atoms with E-state index in [4.69, 9.17) is 9.47 Å². The number of hydrogen-bond acceptors (Lipinski definition) is 7. The van der Waals surface area contributed by atoms with Crippen molar-refractivity contribution in [2.24, 2.45) is 0 Å². The van der Waals surface area contributed by atoms with Crippen LogP contribution < -0.4 is 4.90 Å². The molecule has 0 saturated carbocycles. The molecule has 1 aromatic rings. The van der Waals surface area contributed by atoms with Gasteiger partial charge in [0, 0.05) is 32.0 Å². The summed E-state index contributed by atoms with van der Waals surface area (Å²) in [4.78, 5) is 10.5. The first-order valence-electron chi connectivity index (χ1n) is 7.17. The maximum Gasteiger partial charge on any atom is 0.225 e. The zero-order chi connectivity index (χ0) is 15.6. The van der Waals surface area contributed by atoms with Crippen LogP contribution in [0.4, 0.5) is 5.95 Å². The van der Waals surface area contributed by atoms with Crippen molar-refractivity contribution in [1.29, 1.82) is 0 Å². The molecule has 2 saturated heterocycles. The predicted octanol–water partition coefficient (Wildman–Crippen LogP) is -0.656. The Morgan fingerprint density at radius 1 is 1.18 bits per heavy atom. The molecule has 8 nitrogen and oxygen atoms in total. The van der Waals surface area contributed by atoms with Crippen LogP contribution in [0.5, 0.6) is 0 Å². The van der Waals surface area contributed by atoms with Gasteiger partial charge in [0.1, 0.15) is 5.60 Å². The standard InChI is InChI=1S/C13H20N4O4S/c1-22(18,19)17-6-8-21-13(10-17)9-16(5-7-20-11-13)12-14-3-2-4-15-12/h2-4H,5-11H2,1H3. The summed E-state index contributed by atoms with van der Waals surface area (Å²) in [6.45, 7) is 3.07. The highest BCUT2D eigenvalue weighted by Crippen LogP contribution is 2.25. The van der Waals surface area contributed by atoms with Crippen molar-refractivity contribution in [1.82, 2.24) is 14.3 Å². The van der Waals surface area contributed by atoms with Gasteiger partial charge < -0.3 is 14.4 Å². The van der Waals surface area contributed by atoms with Crippen LogP contribution in [0.1, 0.15) is 0 Å². The third-order valence-corrected chi connectivity index (χ3v) is 5.12. The second-order valence-electron chi connectivity index (χ2n) is 5.65. The molecule has 0 bridgehead atoms. The van der Waals surface area contributed by atoms with Gasteiger partial charge in [0.15, 0.2) is 0 Å². The smallest absolute Gasteiger partial charge is 0.225 e. The number of nitrogens with zero attached hydrogens (tertiary/aromatic N) is 4. The van der Waals surface area contributed by atoms with Crippen LogP contribution >= 0.6 is 0 Å². The lowest BCUT2D eigenvalue weighted by Gasteiger charge is -2.42. The van der Waals surface area contributed by atoms with E-state index in [2.05, 4.69) is 9.97 Å². The molecule has 0 amide bonds. The average Bonchev–Trinajstić information content (AvgIpc) is 2.70. The maximum absolute atomic E-state index is 11.8. The van der Waals surface area contributed by atoms with Gasteiger partial charge in [-0.15, -0.1) is 0 Å². The predicted molar refractivity (Wildman–Crippen MR) is 80.2 cm³/mol. The Balaban J connectivity index is 1.82. The molecule has 122 valence electrons. The summed E-state index contributed by atoms with van der Waals surface area (Å²) >= 11 is 0. The van der Waals surface area contributed by atoms with Crippen molar-refractivity contribution in [2.75, 3.05) is 57.2 Å². The van der Waals surface area contributed by atoms with Crippen molar-refractivity contribution >= 4 is 16.0 Å². The van der Waals surface area contributed by atoms with Crippen molar-refractivity contribution in [2.45, 2.75) is 5.60 Å². The quantitative estimate of drug-likeness (QED) is 0.713. The molecule has 9 heteroatoms. The SMILES string of the molecule is CS(=O)(=O)N1CCOC2(COCCN(c3ncccn3)C2)C1. The Labute approximate surface area is 130 Å². The Morgan fingerprint density at radius 3 is 2.68 bits per heavy atom. The molecule has 2 aliphatic rings. The molecular weight excluding hydrogens is 308 g/mol. The average molecular weight is 328 g/mol. The number of anilines is 1. The molecule has 2 fully saturated rings. The zero-order valence-corrected chi connectivity index (χ0v) is 13.3. The monoisotopic (exact) mass is 328 g/mol.